The SMILES string of the molecule is CCC(C)CNc1cccnc1-n1ccnc1C. The zero-order chi connectivity index (χ0) is 13.0. The monoisotopic (exact) mass is 244 g/mol. The van der Waals surface area contributed by atoms with Crippen LogP contribution < -0.4 is 5.32 Å². The Bertz CT molecular complexity index is 504. The van der Waals surface area contributed by atoms with E-state index in [-0.39, 0.29) is 0 Å². The summed E-state index contributed by atoms with van der Waals surface area (Å²) in [6.07, 6.45) is 6.71. The van der Waals surface area contributed by atoms with Gasteiger partial charge in [0.1, 0.15) is 5.82 Å². The fourth-order valence-electron chi connectivity index (χ4n) is 1.76. The molecular formula is C14H20N4. The van der Waals surface area contributed by atoms with Crippen LogP contribution in [-0.4, -0.2) is 21.1 Å². The van der Waals surface area contributed by atoms with Crippen LogP contribution in [0.3, 0.4) is 0 Å². The van der Waals surface area contributed by atoms with Crippen molar-refractivity contribution >= 4 is 5.69 Å². The van der Waals surface area contributed by atoms with Crippen LogP contribution in [0.25, 0.3) is 5.82 Å². The van der Waals surface area contributed by atoms with Gasteiger partial charge in [-0.05, 0) is 25.0 Å². The topological polar surface area (TPSA) is 42.7 Å². The van der Waals surface area contributed by atoms with E-state index in [1.807, 2.05) is 30.0 Å². The van der Waals surface area contributed by atoms with Crippen LogP contribution >= 0.6 is 0 Å². The van der Waals surface area contributed by atoms with E-state index in [1.165, 1.54) is 6.42 Å². The Labute approximate surface area is 108 Å². The zero-order valence-corrected chi connectivity index (χ0v) is 11.2. The first-order valence-electron chi connectivity index (χ1n) is 6.41. The van der Waals surface area contributed by atoms with E-state index >= 15 is 0 Å². The summed E-state index contributed by atoms with van der Waals surface area (Å²) in [6, 6.07) is 4.01. The number of aryl methyl sites for hydroxylation is 1. The van der Waals surface area contributed by atoms with Crippen LogP contribution in [0.2, 0.25) is 0 Å². The highest BCUT2D eigenvalue weighted by atomic mass is 15.1. The minimum Gasteiger partial charge on any atom is -0.382 e. The van der Waals surface area contributed by atoms with Gasteiger partial charge in [-0.15, -0.1) is 0 Å². The lowest BCUT2D eigenvalue weighted by Crippen LogP contribution is -2.13. The summed E-state index contributed by atoms with van der Waals surface area (Å²) < 4.78 is 2.00. The van der Waals surface area contributed by atoms with Gasteiger partial charge in [0.2, 0.25) is 0 Å². The predicted molar refractivity (Wildman–Crippen MR) is 74.0 cm³/mol. The smallest absolute Gasteiger partial charge is 0.161 e. The number of aromatic nitrogens is 3. The van der Waals surface area contributed by atoms with Crippen LogP contribution in [0.4, 0.5) is 5.69 Å². The van der Waals surface area contributed by atoms with E-state index in [9.17, 15) is 0 Å². The van der Waals surface area contributed by atoms with Gasteiger partial charge in [0.15, 0.2) is 5.82 Å². The molecule has 96 valence electrons. The number of hydrogen-bond acceptors (Lipinski definition) is 3. The average Bonchev–Trinajstić information content (AvgIpc) is 2.82. The third kappa shape index (κ3) is 2.70. The molecule has 0 amide bonds. The van der Waals surface area contributed by atoms with Crippen molar-refractivity contribution in [3.8, 4) is 5.82 Å². The second kappa shape index (κ2) is 5.67. The molecule has 1 atom stereocenters. The maximum Gasteiger partial charge on any atom is 0.161 e. The molecule has 4 heteroatoms. The molecule has 0 aliphatic heterocycles. The van der Waals surface area contributed by atoms with E-state index in [2.05, 4.69) is 35.2 Å². The Morgan fingerprint density at radius 2 is 2.17 bits per heavy atom. The van der Waals surface area contributed by atoms with Crippen molar-refractivity contribution in [1.82, 2.24) is 14.5 Å². The highest BCUT2D eigenvalue weighted by Gasteiger charge is 2.08. The molecular weight excluding hydrogens is 224 g/mol. The van der Waals surface area contributed by atoms with Crippen LogP contribution in [0, 0.1) is 12.8 Å². The first-order valence-corrected chi connectivity index (χ1v) is 6.41. The Morgan fingerprint density at radius 3 is 2.83 bits per heavy atom. The van der Waals surface area contributed by atoms with Gasteiger partial charge < -0.3 is 5.32 Å². The normalized spacial score (nSPS) is 12.4. The molecule has 0 aromatic carbocycles. The van der Waals surface area contributed by atoms with Gasteiger partial charge in [0, 0.05) is 25.1 Å². The second-order valence-electron chi connectivity index (χ2n) is 4.61. The van der Waals surface area contributed by atoms with Crippen LogP contribution in [0.1, 0.15) is 26.1 Å². The minimum atomic E-state index is 0.655. The lowest BCUT2D eigenvalue weighted by Gasteiger charge is -2.15. The molecule has 1 unspecified atom stereocenters. The molecule has 2 heterocycles. The Hall–Kier alpha value is -1.84. The largest absolute Gasteiger partial charge is 0.382 e. The second-order valence-corrected chi connectivity index (χ2v) is 4.61. The molecule has 0 spiro atoms. The van der Waals surface area contributed by atoms with Crippen molar-refractivity contribution in [2.24, 2.45) is 5.92 Å². The lowest BCUT2D eigenvalue weighted by atomic mass is 10.1. The van der Waals surface area contributed by atoms with E-state index in [0.29, 0.717) is 5.92 Å². The van der Waals surface area contributed by atoms with Crippen molar-refractivity contribution in [3.63, 3.8) is 0 Å². The molecule has 2 rings (SSSR count). The summed E-state index contributed by atoms with van der Waals surface area (Å²) in [7, 11) is 0. The van der Waals surface area contributed by atoms with E-state index in [0.717, 1.165) is 23.9 Å². The zero-order valence-electron chi connectivity index (χ0n) is 11.2. The molecule has 0 radical (unpaired) electrons. The highest BCUT2D eigenvalue weighted by Crippen LogP contribution is 2.19. The molecule has 0 saturated carbocycles. The van der Waals surface area contributed by atoms with Gasteiger partial charge >= 0.3 is 0 Å². The maximum absolute atomic E-state index is 4.45. The summed E-state index contributed by atoms with van der Waals surface area (Å²) in [6.45, 7) is 7.39. The van der Waals surface area contributed by atoms with Crippen LogP contribution in [0.5, 0.6) is 0 Å². The van der Waals surface area contributed by atoms with Gasteiger partial charge in [-0.25, -0.2) is 9.97 Å². The number of pyridine rings is 1. The molecule has 0 saturated heterocycles. The Kier molecular flexibility index (Phi) is 3.97. The van der Waals surface area contributed by atoms with E-state index in [1.54, 1.807) is 6.20 Å². The number of imidazole rings is 1. The number of anilines is 1. The lowest BCUT2D eigenvalue weighted by molar-refractivity contribution is 0.593. The fourth-order valence-corrected chi connectivity index (χ4v) is 1.76. The predicted octanol–water partition coefficient (Wildman–Crippen LogP) is 3.03. The number of hydrogen-bond donors (Lipinski definition) is 1. The molecule has 0 aliphatic rings. The van der Waals surface area contributed by atoms with Crippen molar-refractivity contribution in [2.75, 3.05) is 11.9 Å². The first-order chi connectivity index (χ1) is 8.72. The first kappa shape index (κ1) is 12.6. The molecule has 18 heavy (non-hydrogen) atoms. The molecule has 2 aromatic heterocycles. The minimum absolute atomic E-state index is 0.655. The van der Waals surface area contributed by atoms with Crippen molar-refractivity contribution in [3.05, 3.63) is 36.5 Å². The summed E-state index contributed by atoms with van der Waals surface area (Å²) in [5.74, 6) is 2.51. The van der Waals surface area contributed by atoms with Crippen molar-refractivity contribution in [1.29, 1.82) is 0 Å². The molecule has 0 aliphatic carbocycles. The molecule has 2 aromatic rings. The van der Waals surface area contributed by atoms with Crippen LogP contribution in [0.15, 0.2) is 30.7 Å². The standard InChI is InChI=1S/C14H20N4/c1-4-11(2)10-17-13-6-5-7-16-14(13)18-9-8-15-12(18)3/h5-9,11,17H,4,10H2,1-3H3. The number of rotatable bonds is 5. The Morgan fingerprint density at radius 1 is 1.33 bits per heavy atom. The molecule has 0 fully saturated rings. The van der Waals surface area contributed by atoms with Gasteiger partial charge in [0.25, 0.3) is 0 Å². The average molecular weight is 244 g/mol. The van der Waals surface area contributed by atoms with E-state index in [4.69, 9.17) is 0 Å². The number of nitrogens with one attached hydrogen (secondary N) is 1. The summed E-state index contributed by atoms with van der Waals surface area (Å²) in [4.78, 5) is 8.69. The summed E-state index contributed by atoms with van der Waals surface area (Å²) >= 11 is 0. The van der Waals surface area contributed by atoms with E-state index < -0.39 is 0 Å². The number of nitrogens with zero attached hydrogens (tertiary/aromatic N) is 3. The summed E-state index contributed by atoms with van der Waals surface area (Å²) in [5, 5.41) is 3.47. The van der Waals surface area contributed by atoms with Crippen molar-refractivity contribution in [2.45, 2.75) is 27.2 Å². The highest BCUT2D eigenvalue weighted by molar-refractivity contribution is 5.57. The Balaban J connectivity index is 2.24. The quantitative estimate of drug-likeness (QED) is 0.879. The van der Waals surface area contributed by atoms with Gasteiger partial charge in [-0.2, -0.15) is 0 Å². The van der Waals surface area contributed by atoms with Crippen LogP contribution in [-0.2, 0) is 0 Å². The molecule has 4 nitrogen and oxygen atoms in total. The van der Waals surface area contributed by atoms with Gasteiger partial charge in [-0.1, -0.05) is 20.3 Å². The van der Waals surface area contributed by atoms with Gasteiger partial charge in [0.05, 0.1) is 5.69 Å². The fraction of sp³-hybridized carbons (Fsp3) is 0.429. The third-order valence-electron chi connectivity index (χ3n) is 3.18. The summed E-state index contributed by atoms with van der Waals surface area (Å²) in [5.41, 5.74) is 1.05. The molecule has 0 bridgehead atoms. The van der Waals surface area contributed by atoms with Crippen molar-refractivity contribution < 1.29 is 0 Å². The molecule has 1 N–H and O–H groups in total. The third-order valence-corrected chi connectivity index (χ3v) is 3.18. The van der Waals surface area contributed by atoms with Gasteiger partial charge in [-0.3, -0.25) is 4.57 Å². The maximum atomic E-state index is 4.45.